The van der Waals surface area contributed by atoms with Gasteiger partial charge in [-0.05, 0) is 87.6 Å². The highest BCUT2D eigenvalue weighted by molar-refractivity contribution is 7.17. The third kappa shape index (κ3) is 7.23. The zero-order valence-electron chi connectivity index (χ0n) is 23.4. The summed E-state index contributed by atoms with van der Waals surface area (Å²) < 4.78 is 21.5. The predicted octanol–water partition coefficient (Wildman–Crippen LogP) is 4.99. The van der Waals surface area contributed by atoms with E-state index in [0.29, 0.717) is 38.9 Å². The van der Waals surface area contributed by atoms with Crippen molar-refractivity contribution in [1.82, 2.24) is 5.43 Å². The number of hydrazone groups is 1. The Balaban J connectivity index is 1.36. The molecule has 0 unspecified atom stereocenters. The van der Waals surface area contributed by atoms with Crippen LogP contribution in [-0.4, -0.2) is 50.9 Å². The molecule has 4 rings (SSSR count). The van der Waals surface area contributed by atoms with E-state index >= 15 is 0 Å². The van der Waals surface area contributed by atoms with Gasteiger partial charge in [-0.25, -0.2) is 10.2 Å². The molecule has 2 aromatic carbocycles. The first-order valence-electron chi connectivity index (χ1n) is 13.3. The Morgan fingerprint density at radius 1 is 1.02 bits per heavy atom. The Kier molecular flexibility index (Phi) is 9.96. The molecule has 1 heterocycles. The van der Waals surface area contributed by atoms with Crippen molar-refractivity contribution in [2.24, 2.45) is 5.10 Å². The molecule has 0 saturated carbocycles. The summed E-state index contributed by atoms with van der Waals surface area (Å²) in [5, 5.41) is 7.40. The molecule has 0 radical (unpaired) electrons. The van der Waals surface area contributed by atoms with Crippen LogP contribution in [0.25, 0.3) is 0 Å². The Hall–Kier alpha value is -4.38. The number of anilines is 1. The molecular weight excluding hydrogens is 546 g/mol. The first-order chi connectivity index (χ1) is 19.8. The van der Waals surface area contributed by atoms with Crippen LogP contribution in [0.3, 0.4) is 0 Å². The monoisotopic (exact) mass is 579 g/mol. The number of nitrogens with one attached hydrogen (secondary N) is 2. The summed E-state index contributed by atoms with van der Waals surface area (Å²) in [4.78, 5) is 39.3. The number of carbonyl (C=O) groups excluding carboxylic acids is 3. The second-order valence-electron chi connectivity index (χ2n) is 9.22. The second-order valence-corrected chi connectivity index (χ2v) is 10.3. The van der Waals surface area contributed by atoms with Gasteiger partial charge in [0.25, 0.3) is 11.8 Å². The van der Waals surface area contributed by atoms with Crippen molar-refractivity contribution in [3.8, 4) is 17.2 Å². The first-order valence-corrected chi connectivity index (χ1v) is 14.1. The fourth-order valence-electron chi connectivity index (χ4n) is 4.39. The Morgan fingerprint density at radius 3 is 2.46 bits per heavy atom. The molecule has 0 saturated heterocycles. The Bertz CT molecular complexity index is 1430. The molecule has 1 aliphatic rings. The average Bonchev–Trinajstić information content (AvgIpc) is 3.35. The number of fused-ring (bicyclic) bond motifs is 1. The number of methoxy groups -OCH3 is 2. The van der Waals surface area contributed by atoms with Crippen LogP contribution in [0.1, 0.15) is 63.4 Å². The van der Waals surface area contributed by atoms with Gasteiger partial charge < -0.3 is 24.3 Å². The summed E-state index contributed by atoms with van der Waals surface area (Å²) in [6.45, 7) is 3.61. The molecule has 216 valence electrons. The SMILES string of the molecule is CCOC(=O)c1c(NC(=O)c2ccc(O[C@H](C)C(=O)N/N=C\c3cc(OC)ccc3OC)cc2)sc2c1CCCC2. The number of hydrogen-bond donors (Lipinski definition) is 2. The van der Waals surface area contributed by atoms with E-state index in [1.165, 1.54) is 24.7 Å². The molecule has 41 heavy (non-hydrogen) atoms. The lowest BCUT2D eigenvalue weighted by Gasteiger charge is -2.13. The van der Waals surface area contributed by atoms with Gasteiger partial charge in [-0.3, -0.25) is 9.59 Å². The van der Waals surface area contributed by atoms with E-state index in [1.54, 1.807) is 63.4 Å². The fourth-order valence-corrected chi connectivity index (χ4v) is 5.66. The maximum Gasteiger partial charge on any atom is 0.341 e. The van der Waals surface area contributed by atoms with Crippen LogP contribution in [0, 0.1) is 0 Å². The lowest BCUT2D eigenvalue weighted by atomic mass is 9.95. The lowest BCUT2D eigenvalue weighted by Crippen LogP contribution is -2.33. The van der Waals surface area contributed by atoms with Crippen molar-refractivity contribution >= 4 is 40.3 Å². The van der Waals surface area contributed by atoms with Crippen molar-refractivity contribution < 1.29 is 33.3 Å². The van der Waals surface area contributed by atoms with Gasteiger partial charge in [0, 0.05) is 16.0 Å². The van der Waals surface area contributed by atoms with E-state index in [2.05, 4.69) is 15.8 Å². The number of rotatable bonds is 11. The molecule has 10 nitrogen and oxygen atoms in total. The van der Waals surface area contributed by atoms with Gasteiger partial charge in [-0.15, -0.1) is 11.3 Å². The van der Waals surface area contributed by atoms with Gasteiger partial charge in [-0.1, -0.05) is 0 Å². The van der Waals surface area contributed by atoms with Crippen LogP contribution in [0.4, 0.5) is 5.00 Å². The number of aryl methyl sites for hydroxylation is 1. The van der Waals surface area contributed by atoms with Crippen molar-refractivity contribution in [2.45, 2.75) is 45.6 Å². The van der Waals surface area contributed by atoms with E-state index in [9.17, 15) is 14.4 Å². The molecule has 11 heteroatoms. The smallest absolute Gasteiger partial charge is 0.341 e. The van der Waals surface area contributed by atoms with Crippen LogP contribution in [0.15, 0.2) is 47.6 Å². The molecule has 0 aliphatic heterocycles. The Labute approximate surface area is 242 Å². The van der Waals surface area contributed by atoms with Crippen molar-refractivity contribution in [3.05, 3.63) is 69.6 Å². The zero-order chi connectivity index (χ0) is 29.4. The number of thiophene rings is 1. The van der Waals surface area contributed by atoms with Crippen molar-refractivity contribution in [2.75, 3.05) is 26.1 Å². The molecule has 1 aromatic heterocycles. The molecule has 3 aromatic rings. The molecule has 0 spiro atoms. The van der Waals surface area contributed by atoms with Crippen LogP contribution in [-0.2, 0) is 22.4 Å². The van der Waals surface area contributed by atoms with Gasteiger partial charge >= 0.3 is 5.97 Å². The molecule has 1 atom stereocenters. The summed E-state index contributed by atoms with van der Waals surface area (Å²) in [5.74, 6) is 0.382. The quantitative estimate of drug-likeness (QED) is 0.186. The summed E-state index contributed by atoms with van der Waals surface area (Å²) >= 11 is 1.44. The van der Waals surface area contributed by atoms with E-state index in [4.69, 9.17) is 18.9 Å². The third-order valence-electron chi connectivity index (χ3n) is 6.49. The minimum atomic E-state index is -0.858. The number of nitrogens with zero attached hydrogens (tertiary/aromatic N) is 1. The molecule has 0 bridgehead atoms. The van der Waals surface area contributed by atoms with E-state index in [1.807, 2.05) is 0 Å². The topological polar surface area (TPSA) is 125 Å². The highest BCUT2D eigenvalue weighted by Gasteiger charge is 2.27. The standard InChI is InChI=1S/C30H33N3O7S/c1-5-39-30(36)26-23-8-6-7-9-25(23)41-29(26)32-28(35)19-10-12-21(13-11-19)40-18(2)27(34)33-31-17-20-16-22(37-3)14-15-24(20)38-4/h10-18H,5-9H2,1-4H3,(H,32,35)(H,33,34)/b31-17-/t18-/m1/s1. The van der Waals surface area contributed by atoms with Gasteiger partial charge in [0.1, 0.15) is 22.2 Å². The summed E-state index contributed by atoms with van der Waals surface area (Å²) in [7, 11) is 3.10. The number of carbonyl (C=O) groups is 3. The number of benzene rings is 2. The lowest BCUT2D eigenvalue weighted by molar-refractivity contribution is -0.127. The van der Waals surface area contributed by atoms with Gasteiger partial charge in [0.05, 0.1) is 32.6 Å². The third-order valence-corrected chi connectivity index (χ3v) is 7.70. The van der Waals surface area contributed by atoms with Crippen LogP contribution in [0.5, 0.6) is 17.2 Å². The van der Waals surface area contributed by atoms with Crippen molar-refractivity contribution in [1.29, 1.82) is 0 Å². The van der Waals surface area contributed by atoms with E-state index < -0.39 is 18.0 Å². The van der Waals surface area contributed by atoms with Crippen LogP contribution >= 0.6 is 11.3 Å². The number of hydrogen-bond acceptors (Lipinski definition) is 9. The van der Waals surface area contributed by atoms with Crippen molar-refractivity contribution in [3.63, 3.8) is 0 Å². The molecule has 2 amide bonds. The first kappa shape index (κ1) is 29.6. The maximum absolute atomic E-state index is 13.0. The van der Waals surface area contributed by atoms with E-state index in [0.717, 1.165) is 36.1 Å². The fraction of sp³-hybridized carbons (Fsp3) is 0.333. The van der Waals surface area contributed by atoms with Crippen LogP contribution in [0.2, 0.25) is 0 Å². The van der Waals surface area contributed by atoms with E-state index in [-0.39, 0.29) is 12.5 Å². The summed E-state index contributed by atoms with van der Waals surface area (Å²) in [6, 6.07) is 11.6. The second kappa shape index (κ2) is 13.8. The Morgan fingerprint density at radius 2 is 1.76 bits per heavy atom. The largest absolute Gasteiger partial charge is 0.497 e. The summed E-state index contributed by atoms with van der Waals surface area (Å²) in [5.41, 5.74) is 4.91. The zero-order valence-corrected chi connectivity index (χ0v) is 24.3. The van der Waals surface area contributed by atoms with Gasteiger partial charge in [0.15, 0.2) is 6.10 Å². The normalized spacial score (nSPS) is 13.2. The summed E-state index contributed by atoms with van der Waals surface area (Å²) in [6.07, 6.45) is 4.35. The molecule has 1 aliphatic carbocycles. The molecular formula is C30H33N3O7S. The predicted molar refractivity (Wildman–Crippen MR) is 157 cm³/mol. The van der Waals surface area contributed by atoms with Gasteiger partial charge in [0.2, 0.25) is 0 Å². The minimum Gasteiger partial charge on any atom is -0.497 e. The number of ether oxygens (including phenoxy) is 4. The molecule has 0 fully saturated rings. The minimum absolute atomic E-state index is 0.262. The number of esters is 1. The maximum atomic E-state index is 13.0. The highest BCUT2D eigenvalue weighted by atomic mass is 32.1. The molecule has 2 N–H and O–H groups in total. The number of amides is 2. The van der Waals surface area contributed by atoms with Gasteiger partial charge in [-0.2, -0.15) is 5.10 Å². The average molecular weight is 580 g/mol. The highest BCUT2D eigenvalue weighted by Crippen LogP contribution is 2.39. The van der Waals surface area contributed by atoms with Crippen LogP contribution < -0.4 is 25.0 Å².